The third-order valence-corrected chi connectivity index (χ3v) is 6.40. The zero-order valence-corrected chi connectivity index (χ0v) is 22.1. The van der Waals surface area contributed by atoms with Crippen molar-refractivity contribution in [2.45, 2.75) is 33.3 Å². The second-order valence-electron chi connectivity index (χ2n) is 7.44. The van der Waals surface area contributed by atoms with Gasteiger partial charge in [0.2, 0.25) is 5.91 Å². The lowest BCUT2D eigenvalue weighted by Gasteiger charge is -2.12. The van der Waals surface area contributed by atoms with E-state index in [1.54, 1.807) is 32.2 Å². The molecule has 1 aliphatic heterocycles. The van der Waals surface area contributed by atoms with Crippen LogP contribution in [0.3, 0.4) is 0 Å². The maximum atomic E-state index is 12.4. The van der Waals surface area contributed by atoms with Gasteiger partial charge in [-0.05, 0) is 54.8 Å². The fraction of sp³-hybridized carbons (Fsp3) is 0.269. The highest BCUT2D eigenvalue weighted by atomic mass is 79.9. The molecule has 1 N–H and O–H groups in total. The van der Waals surface area contributed by atoms with Crippen LogP contribution in [-0.4, -0.2) is 35.7 Å². The van der Waals surface area contributed by atoms with Crippen molar-refractivity contribution in [2.75, 3.05) is 13.7 Å². The number of rotatable bonds is 9. The number of ether oxygens (including phenoxy) is 3. The molecule has 0 saturated heterocycles. The molecule has 0 spiro atoms. The Hall–Kier alpha value is -3.04. The maximum absolute atomic E-state index is 12.4. The lowest BCUT2D eigenvalue weighted by molar-refractivity contribution is -0.138. The van der Waals surface area contributed by atoms with E-state index in [2.05, 4.69) is 20.9 Å². The quantitative estimate of drug-likeness (QED) is 0.364. The monoisotopic (exact) mass is 559 g/mol. The number of amides is 1. The molecule has 35 heavy (non-hydrogen) atoms. The molecule has 9 heteroatoms. The van der Waals surface area contributed by atoms with Gasteiger partial charge in [0.15, 0.2) is 11.5 Å². The van der Waals surface area contributed by atoms with E-state index >= 15 is 0 Å². The molecule has 1 heterocycles. The third kappa shape index (κ3) is 6.99. The number of aliphatic hydroxyl groups is 1. The van der Waals surface area contributed by atoms with Gasteiger partial charge in [-0.2, -0.15) is 0 Å². The van der Waals surface area contributed by atoms with Gasteiger partial charge >= 0.3 is 5.97 Å². The van der Waals surface area contributed by atoms with Gasteiger partial charge in [-0.15, -0.1) is 0 Å². The van der Waals surface area contributed by atoms with Crippen LogP contribution < -0.4 is 9.47 Å². The van der Waals surface area contributed by atoms with Crippen LogP contribution in [0.5, 0.6) is 11.5 Å². The molecule has 3 rings (SSSR count). The summed E-state index contributed by atoms with van der Waals surface area (Å²) in [5.41, 5.74) is 1.61. The van der Waals surface area contributed by atoms with Crippen LogP contribution in [0.1, 0.15) is 37.8 Å². The first-order valence-electron chi connectivity index (χ1n) is 11.0. The Morgan fingerprint density at radius 3 is 2.51 bits per heavy atom. The van der Waals surface area contributed by atoms with Crippen LogP contribution in [0.4, 0.5) is 0 Å². The van der Waals surface area contributed by atoms with Gasteiger partial charge in [-0.1, -0.05) is 52.8 Å². The van der Waals surface area contributed by atoms with E-state index in [0.717, 1.165) is 21.8 Å². The van der Waals surface area contributed by atoms with Gasteiger partial charge in [0, 0.05) is 10.9 Å². The summed E-state index contributed by atoms with van der Waals surface area (Å²) in [5.74, 6) is -0.277. The van der Waals surface area contributed by atoms with E-state index in [0.29, 0.717) is 35.0 Å². The summed E-state index contributed by atoms with van der Waals surface area (Å²) in [7, 11) is 1.55. The minimum atomic E-state index is -0.724. The third-order valence-electron chi connectivity index (χ3n) is 4.85. The van der Waals surface area contributed by atoms with Gasteiger partial charge in [-0.25, -0.2) is 9.79 Å². The average Bonchev–Trinajstić information content (AvgIpc) is 3.13. The van der Waals surface area contributed by atoms with Crippen molar-refractivity contribution in [2.24, 2.45) is 4.99 Å². The summed E-state index contributed by atoms with van der Waals surface area (Å²) in [6.45, 7) is 4.04. The molecule has 1 aliphatic rings. The number of halogens is 1. The summed E-state index contributed by atoms with van der Waals surface area (Å²) < 4.78 is 17.5. The molecular formula is C26H26BrNO6S. The molecule has 2 aromatic rings. The maximum Gasteiger partial charge on any atom is 0.344 e. The normalized spacial score (nSPS) is 15.5. The van der Waals surface area contributed by atoms with Crippen molar-refractivity contribution in [1.29, 1.82) is 0 Å². The molecule has 0 fully saturated rings. The first-order valence-corrected chi connectivity index (χ1v) is 12.6. The fourth-order valence-corrected chi connectivity index (χ4v) is 4.46. The van der Waals surface area contributed by atoms with Crippen molar-refractivity contribution in [3.8, 4) is 11.5 Å². The highest BCUT2D eigenvalue weighted by molar-refractivity contribution is 9.10. The van der Waals surface area contributed by atoms with Gasteiger partial charge in [0.05, 0.1) is 18.6 Å². The number of aliphatic hydroxyl groups excluding tert-OH is 1. The second kappa shape index (κ2) is 12.6. The van der Waals surface area contributed by atoms with E-state index in [9.17, 15) is 14.7 Å². The number of methoxy groups -OCH3 is 1. The molecule has 0 radical (unpaired) electrons. The van der Waals surface area contributed by atoms with E-state index in [4.69, 9.17) is 14.2 Å². The minimum absolute atomic E-state index is 0.103. The minimum Gasteiger partial charge on any atom is -0.506 e. The van der Waals surface area contributed by atoms with Crippen molar-refractivity contribution in [3.63, 3.8) is 0 Å². The predicted molar refractivity (Wildman–Crippen MR) is 141 cm³/mol. The van der Waals surface area contributed by atoms with Crippen LogP contribution in [0.2, 0.25) is 0 Å². The SMILES string of the molecule is CCCC(=O)N=C1S/C(=C\c2ccc(OCc3ccc(Br)cc3)c(OC)c2)C(O)=C1C(=O)OCC. The summed E-state index contributed by atoms with van der Waals surface area (Å²) in [4.78, 5) is 28.9. The number of esters is 1. The molecule has 2 aromatic carbocycles. The number of benzene rings is 2. The molecule has 1 amide bonds. The number of aliphatic imine (C=N–C) groups is 1. The number of hydrogen-bond donors (Lipinski definition) is 1. The molecule has 0 atom stereocenters. The van der Waals surface area contributed by atoms with E-state index in [1.807, 2.05) is 37.3 Å². The van der Waals surface area contributed by atoms with Gasteiger partial charge in [0.1, 0.15) is 23.0 Å². The number of hydrogen-bond acceptors (Lipinski definition) is 7. The topological polar surface area (TPSA) is 94.4 Å². The second-order valence-corrected chi connectivity index (χ2v) is 9.39. The number of carbonyl (C=O) groups excluding carboxylic acids is 2. The van der Waals surface area contributed by atoms with Crippen LogP contribution in [-0.2, 0) is 20.9 Å². The highest BCUT2D eigenvalue weighted by Gasteiger charge is 2.33. The number of carbonyl (C=O) groups is 2. The summed E-state index contributed by atoms with van der Waals surface area (Å²) in [6.07, 6.45) is 2.56. The zero-order chi connectivity index (χ0) is 25.4. The van der Waals surface area contributed by atoms with Crippen LogP contribution in [0, 0.1) is 0 Å². The summed E-state index contributed by atoms with van der Waals surface area (Å²) >= 11 is 4.46. The average molecular weight is 560 g/mol. The van der Waals surface area contributed by atoms with Crippen LogP contribution in [0.15, 0.2) is 68.2 Å². The predicted octanol–water partition coefficient (Wildman–Crippen LogP) is 6.22. The van der Waals surface area contributed by atoms with Crippen molar-refractivity contribution in [3.05, 3.63) is 74.3 Å². The number of thioether (sulfide) groups is 1. The largest absolute Gasteiger partial charge is 0.506 e. The zero-order valence-electron chi connectivity index (χ0n) is 19.7. The smallest absolute Gasteiger partial charge is 0.344 e. The van der Waals surface area contributed by atoms with E-state index in [1.165, 1.54) is 0 Å². The lowest BCUT2D eigenvalue weighted by Crippen LogP contribution is -2.14. The standard InChI is InChI=1S/C26H26BrNO6S/c1-4-6-22(29)28-25-23(26(31)33-5-2)24(30)21(35-25)14-17-9-12-19(20(13-17)32-3)34-15-16-7-10-18(27)11-8-16/h7-14,30H,4-6,15H2,1-3H3/b21-14-,28-25?. The summed E-state index contributed by atoms with van der Waals surface area (Å²) in [5, 5.41) is 10.9. The van der Waals surface area contributed by atoms with Gasteiger partial charge in [0.25, 0.3) is 0 Å². The Bertz CT molecular complexity index is 1190. The molecule has 0 aliphatic carbocycles. The highest BCUT2D eigenvalue weighted by Crippen LogP contribution is 2.40. The Kier molecular flexibility index (Phi) is 9.56. The Labute approximate surface area is 217 Å². The first kappa shape index (κ1) is 26.6. The van der Waals surface area contributed by atoms with Crippen molar-refractivity contribution < 1.29 is 28.9 Å². The Morgan fingerprint density at radius 1 is 1.11 bits per heavy atom. The molecule has 0 bridgehead atoms. The van der Waals surface area contributed by atoms with Crippen molar-refractivity contribution >= 4 is 50.7 Å². The van der Waals surface area contributed by atoms with E-state index in [-0.39, 0.29) is 35.3 Å². The van der Waals surface area contributed by atoms with Gasteiger partial charge in [-0.3, -0.25) is 4.79 Å². The Balaban J connectivity index is 1.87. The van der Waals surface area contributed by atoms with Crippen LogP contribution >= 0.6 is 27.7 Å². The molecule has 0 unspecified atom stereocenters. The summed E-state index contributed by atoms with van der Waals surface area (Å²) in [6, 6.07) is 13.2. The first-order chi connectivity index (χ1) is 16.9. The Morgan fingerprint density at radius 2 is 1.86 bits per heavy atom. The molecule has 0 saturated carbocycles. The van der Waals surface area contributed by atoms with Crippen LogP contribution in [0.25, 0.3) is 6.08 Å². The molecular weight excluding hydrogens is 534 g/mol. The van der Waals surface area contributed by atoms with E-state index < -0.39 is 5.97 Å². The lowest BCUT2D eigenvalue weighted by atomic mass is 10.1. The van der Waals surface area contributed by atoms with Gasteiger partial charge < -0.3 is 19.3 Å². The van der Waals surface area contributed by atoms with Crippen molar-refractivity contribution in [1.82, 2.24) is 0 Å². The molecule has 0 aromatic heterocycles. The fourth-order valence-electron chi connectivity index (χ4n) is 3.16. The molecule has 7 nitrogen and oxygen atoms in total. The number of nitrogens with zero attached hydrogens (tertiary/aromatic N) is 1. The molecule has 184 valence electrons.